The van der Waals surface area contributed by atoms with Crippen LogP contribution in [0.1, 0.15) is 27.9 Å². The van der Waals surface area contributed by atoms with Crippen molar-refractivity contribution >= 4 is 28.7 Å². The zero-order valence-corrected chi connectivity index (χ0v) is 14.8. The largest absolute Gasteiger partial charge is 0.573 e. The van der Waals surface area contributed by atoms with Gasteiger partial charge in [-0.25, -0.2) is 9.78 Å². The number of aromatic nitrogens is 3. The van der Waals surface area contributed by atoms with Gasteiger partial charge in [-0.05, 0) is 25.1 Å². The van der Waals surface area contributed by atoms with E-state index < -0.39 is 24.0 Å². The van der Waals surface area contributed by atoms with Gasteiger partial charge in [-0.15, -0.1) is 13.2 Å². The molecular formula is C17H15F3N4O4. The minimum Gasteiger partial charge on any atom is -0.461 e. The number of carbonyl (C=O) groups is 2. The van der Waals surface area contributed by atoms with Gasteiger partial charge in [0, 0.05) is 24.0 Å². The number of esters is 1. The molecule has 0 spiro atoms. The predicted octanol–water partition coefficient (Wildman–Crippen LogP) is 3.23. The van der Waals surface area contributed by atoms with Gasteiger partial charge in [-0.1, -0.05) is 0 Å². The molecule has 1 amide bonds. The molecule has 3 rings (SSSR count). The van der Waals surface area contributed by atoms with Gasteiger partial charge in [0.1, 0.15) is 17.1 Å². The molecule has 2 aromatic heterocycles. The molecule has 1 aromatic carbocycles. The Morgan fingerprint density at radius 2 is 2.04 bits per heavy atom. The number of benzene rings is 1. The van der Waals surface area contributed by atoms with Crippen molar-refractivity contribution in [1.29, 1.82) is 0 Å². The molecular weight excluding hydrogens is 381 g/mol. The molecule has 2 heterocycles. The molecule has 0 unspecified atom stereocenters. The van der Waals surface area contributed by atoms with Crippen molar-refractivity contribution in [3.63, 3.8) is 0 Å². The molecule has 11 heteroatoms. The van der Waals surface area contributed by atoms with Crippen LogP contribution in [0.4, 0.5) is 19.1 Å². The molecule has 0 saturated heterocycles. The number of amides is 1. The molecule has 0 bridgehead atoms. The smallest absolute Gasteiger partial charge is 0.461 e. The van der Waals surface area contributed by atoms with E-state index in [1.807, 2.05) is 0 Å². The maximum atomic E-state index is 12.4. The first kappa shape index (κ1) is 19.3. The van der Waals surface area contributed by atoms with Crippen LogP contribution in [-0.4, -0.2) is 39.4 Å². The Morgan fingerprint density at radius 1 is 1.29 bits per heavy atom. The first-order valence-electron chi connectivity index (χ1n) is 8.06. The summed E-state index contributed by atoms with van der Waals surface area (Å²) < 4.78 is 47.1. The Bertz CT molecular complexity index is 1040. The minimum atomic E-state index is -4.81. The number of carbonyl (C=O) groups excluding carboxylic acids is 2. The predicted molar refractivity (Wildman–Crippen MR) is 92.1 cm³/mol. The number of aromatic amines is 1. The average molecular weight is 396 g/mol. The highest BCUT2D eigenvalue weighted by atomic mass is 19.4. The lowest BCUT2D eigenvalue weighted by atomic mass is 10.2. The van der Waals surface area contributed by atoms with Crippen LogP contribution in [0.3, 0.4) is 0 Å². The number of rotatable bonds is 5. The van der Waals surface area contributed by atoms with E-state index in [2.05, 4.69) is 20.0 Å². The SMILES string of the molecule is CCOC(=O)c1cnc(NC(=O)c2cc3ccc(OC(F)(F)F)cc3[nH]2)n1C. The van der Waals surface area contributed by atoms with Crippen LogP contribution in [0.5, 0.6) is 5.75 Å². The molecule has 0 fully saturated rings. The summed E-state index contributed by atoms with van der Waals surface area (Å²) in [7, 11) is 1.53. The summed E-state index contributed by atoms with van der Waals surface area (Å²) in [4.78, 5) is 30.9. The lowest BCUT2D eigenvalue weighted by Gasteiger charge is -2.08. The van der Waals surface area contributed by atoms with Gasteiger partial charge in [-0.2, -0.15) is 0 Å². The van der Waals surface area contributed by atoms with E-state index in [1.165, 1.54) is 29.9 Å². The summed E-state index contributed by atoms with van der Waals surface area (Å²) in [6, 6.07) is 5.15. The number of hydrogen-bond donors (Lipinski definition) is 2. The molecule has 0 saturated carbocycles. The quantitative estimate of drug-likeness (QED) is 0.646. The van der Waals surface area contributed by atoms with Crippen LogP contribution < -0.4 is 10.1 Å². The minimum absolute atomic E-state index is 0.0971. The molecule has 0 radical (unpaired) electrons. The second-order valence-corrected chi connectivity index (χ2v) is 5.68. The summed E-state index contributed by atoms with van der Waals surface area (Å²) in [5, 5.41) is 3.04. The Labute approximate surface area is 156 Å². The summed E-state index contributed by atoms with van der Waals surface area (Å²) >= 11 is 0. The Hall–Kier alpha value is -3.50. The number of hydrogen-bond acceptors (Lipinski definition) is 5. The molecule has 28 heavy (non-hydrogen) atoms. The van der Waals surface area contributed by atoms with Crippen LogP contribution in [0, 0.1) is 0 Å². The normalized spacial score (nSPS) is 11.5. The van der Waals surface area contributed by atoms with E-state index in [-0.39, 0.29) is 23.9 Å². The first-order valence-corrected chi connectivity index (χ1v) is 8.06. The molecule has 0 atom stereocenters. The molecule has 0 aliphatic carbocycles. The van der Waals surface area contributed by atoms with Crippen molar-refractivity contribution in [1.82, 2.24) is 14.5 Å². The van der Waals surface area contributed by atoms with Crippen molar-refractivity contribution in [2.75, 3.05) is 11.9 Å². The fraction of sp³-hybridized carbons (Fsp3) is 0.235. The van der Waals surface area contributed by atoms with E-state index in [0.29, 0.717) is 10.9 Å². The summed E-state index contributed by atoms with van der Waals surface area (Å²) in [6.45, 7) is 1.86. The fourth-order valence-corrected chi connectivity index (χ4v) is 2.51. The number of alkyl halides is 3. The van der Waals surface area contributed by atoms with Gasteiger partial charge >= 0.3 is 12.3 Å². The summed E-state index contributed by atoms with van der Waals surface area (Å²) in [6.07, 6.45) is -3.55. The van der Waals surface area contributed by atoms with Gasteiger partial charge in [0.15, 0.2) is 0 Å². The molecule has 148 valence electrons. The van der Waals surface area contributed by atoms with E-state index >= 15 is 0 Å². The van der Waals surface area contributed by atoms with Crippen molar-refractivity contribution in [3.8, 4) is 5.75 Å². The van der Waals surface area contributed by atoms with Gasteiger partial charge < -0.3 is 19.0 Å². The van der Waals surface area contributed by atoms with Gasteiger partial charge in [0.2, 0.25) is 5.95 Å². The van der Waals surface area contributed by atoms with Crippen LogP contribution in [0.15, 0.2) is 30.5 Å². The summed E-state index contributed by atoms with van der Waals surface area (Å²) in [5.41, 5.74) is 0.543. The zero-order valence-electron chi connectivity index (χ0n) is 14.8. The molecule has 8 nitrogen and oxygen atoms in total. The average Bonchev–Trinajstić information content (AvgIpc) is 3.17. The third kappa shape index (κ3) is 4.08. The third-order valence-electron chi connectivity index (χ3n) is 3.77. The van der Waals surface area contributed by atoms with E-state index in [0.717, 1.165) is 12.1 Å². The second-order valence-electron chi connectivity index (χ2n) is 5.68. The number of nitrogens with zero attached hydrogens (tertiary/aromatic N) is 2. The fourth-order valence-electron chi connectivity index (χ4n) is 2.51. The number of nitrogens with one attached hydrogen (secondary N) is 2. The van der Waals surface area contributed by atoms with Gasteiger partial charge in [0.25, 0.3) is 5.91 Å². The highest BCUT2D eigenvalue weighted by Gasteiger charge is 2.31. The van der Waals surface area contributed by atoms with Crippen LogP contribution in [0.2, 0.25) is 0 Å². The lowest BCUT2D eigenvalue weighted by Crippen LogP contribution is -2.17. The van der Waals surface area contributed by atoms with Crippen LogP contribution in [0.25, 0.3) is 10.9 Å². The standard InChI is InChI=1S/C17H15F3N4O4/c1-3-27-15(26)13-8-21-16(24(13)2)23-14(25)12-6-9-4-5-10(7-11(9)22-12)28-17(18,19)20/h4-8,22H,3H2,1-2H3,(H,21,23,25). The second kappa shape index (κ2) is 7.25. The molecule has 3 aromatic rings. The van der Waals surface area contributed by atoms with Crippen LogP contribution >= 0.6 is 0 Å². The monoisotopic (exact) mass is 396 g/mol. The van der Waals surface area contributed by atoms with Crippen molar-refractivity contribution in [3.05, 3.63) is 41.9 Å². The Kier molecular flexibility index (Phi) is 4.99. The number of fused-ring (bicyclic) bond motifs is 1. The lowest BCUT2D eigenvalue weighted by molar-refractivity contribution is -0.274. The third-order valence-corrected chi connectivity index (χ3v) is 3.77. The molecule has 0 aliphatic rings. The Morgan fingerprint density at radius 3 is 2.71 bits per heavy atom. The van der Waals surface area contributed by atoms with Crippen LogP contribution in [-0.2, 0) is 11.8 Å². The van der Waals surface area contributed by atoms with Crippen molar-refractivity contribution < 1.29 is 32.2 Å². The summed E-state index contributed by atoms with van der Waals surface area (Å²) in [5.74, 6) is -1.47. The van der Waals surface area contributed by atoms with Crippen molar-refractivity contribution in [2.45, 2.75) is 13.3 Å². The Balaban J connectivity index is 1.79. The molecule has 2 N–H and O–H groups in total. The van der Waals surface area contributed by atoms with Gasteiger partial charge in [-0.3, -0.25) is 10.1 Å². The van der Waals surface area contributed by atoms with E-state index in [4.69, 9.17) is 4.74 Å². The number of anilines is 1. The highest BCUT2D eigenvalue weighted by Crippen LogP contribution is 2.27. The maximum Gasteiger partial charge on any atom is 0.573 e. The molecule has 0 aliphatic heterocycles. The number of imidazole rings is 1. The maximum absolute atomic E-state index is 12.4. The number of H-pyrrole nitrogens is 1. The highest BCUT2D eigenvalue weighted by molar-refractivity contribution is 6.05. The first-order chi connectivity index (χ1) is 13.2. The number of halogens is 3. The topological polar surface area (TPSA) is 98.2 Å². The van der Waals surface area contributed by atoms with E-state index in [9.17, 15) is 22.8 Å². The number of ether oxygens (including phenoxy) is 2. The van der Waals surface area contributed by atoms with Gasteiger partial charge in [0.05, 0.1) is 12.8 Å². The van der Waals surface area contributed by atoms with E-state index in [1.54, 1.807) is 6.92 Å². The van der Waals surface area contributed by atoms with Crippen molar-refractivity contribution in [2.24, 2.45) is 7.05 Å². The zero-order chi connectivity index (χ0) is 20.5.